The SMILES string of the molecule is C[C@@H](NS(=O)(=O)c1ccc2ccccc2c1)[C@H](c1ccccc1)N1CCOCC1. The van der Waals surface area contributed by atoms with Crippen LogP contribution in [-0.4, -0.2) is 45.7 Å². The topological polar surface area (TPSA) is 58.6 Å². The fraction of sp³-hybridized carbons (Fsp3) is 0.304. The molecule has 1 fully saturated rings. The molecule has 1 aliphatic rings. The number of ether oxygens (including phenoxy) is 1. The van der Waals surface area contributed by atoms with E-state index >= 15 is 0 Å². The number of sulfonamides is 1. The Morgan fingerprint density at radius 1 is 0.897 bits per heavy atom. The monoisotopic (exact) mass is 410 g/mol. The molecular formula is C23H26N2O3S. The van der Waals surface area contributed by atoms with E-state index in [1.54, 1.807) is 12.1 Å². The van der Waals surface area contributed by atoms with Gasteiger partial charge in [-0.1, -0.05) is 60.7 Å². The first-order valence-electron chi connectivity index (χ1n) is 9.92. The van der Waals surface area contributed by atoms with Crippen LogP contribution >= 0.6 is 0 Å². The van der Waals surface area contributed by atoms with Gasteiger partial charge in [-0.15, -0.1) is 0 Å². The molecule has 0 amide bonds. The lowest BCUT2D eigenvalue weighted by atomic mass is 9.99. The van der Waals surface area contributed by atoms with Crippen LogP contribution in [0, 0.1) is 0 Å². The first-order chi connectivity index (χ1) is 14.0. The van der Waals surface area contributed by atoms with Gasteiger partial charge in [-0.2, -0.15) is 0 Å². The number of nitrogens with zero attached hydrogens (tertiary/aromatic N) is 1. The largest absolute Gasteiger partial charge is 0.379 e. The molecule has 6 heteroatoms. The van der Waals surface area contributed by atoms with Crippen LogP contribution in [0.2, 0.25) is 0 Å². The molecule has 0 aliphatic carbocycles. The molecule has 1 aliphatic heterocycles. The summed E-state index contributed by atoms with van der Waals surface area (Å²) in [7, 11) is -3.65. The van der Waals surface area contributed by atoms with Crippen LogP contribution in [0.15, 0.2) is 77.7 Å². The van der Waals surface area contributed by atoms with Crippen molar-refractivity contribution >= 4 is 20.8 Å². The number of benzene rings is 3. The van der Waals surface area contributed by atoms with Crippen LogP contribution in [-0.2, 0) is 14.8 Å². The van der Waals surface area contributed by atoms with Crippen LogP contribution in [0.4, 0.5) is 0 Å². The van der Waals surface area contributed by atoms with E-state index in [1.807, 2.05) is 55.5 Å². The van der Waals surface area contributed by atoms with E-state index in [9.17, 15) is 8.42 Å². The summed E-state index contributed by atoms with van der Waals surface area (Å²) in [4.78, 5) is 2.59. The van der Waals surface area contributed by atoms with Gasteiger partial charge in [0.2, 0.25) is 10.0 Å². The van der Waals surface area contributed by atoms with Crippen LogP contribution in [0.3, 0.4) is 0 Å². The van der Waals surface area contributed by atoms with Crippen molar-refractivity contribution in [2.45, 2.75) is 23.9 Å². The van der Waals surface area contributed by atoms with Gasteiger partial charge in [0.1, 0.15) is 0 Å². The van der Waals surface area contributed by atoms with Crippen molar-refractivity contribution in [3.8, 4) is 0 Å². The predicted octanol–water partition coefficient (Wildman–Crippen LogP) is 3.58. The van der Waals surface area contributed by atoms with Gasteiger partial charge in [-0.3, -0.25) is 4.90 Å². The summed E-state index contributed by atoms with van der Waals surface area (Å²) in [6, 6.07) is 22.7. The second kappa shape index (κ2) is 8.63. The molecule has 29 heavy (non-hydrogen) atoms. The molecule has 2 atom stereocenters. The third kappa shape index (κ3) is 4.51. The highest BCUT2D eigenvalue weighted by Crippen LogP contribution is 2.27. The average Bonchev–Trinajstić information content (AvgIpc) is 2.75. The Labute approximate surface area is 172 Å². The molecule has 0 radical (unpaired) electrons. The highest BCUT2D eigenvalue weighted by Gasteiger charge is 2.30. The van der Waals surface area contributed by atoms with E-state index in [1.165, 1.54) is 0 Å². The number of nitrogens with one attached hydrogen (secondary N) is 1. The number of hydrogen-bond donors (Lipinski definition) is 1. The summed E-state index contributed by atoms with van der Waals surface area (Å²) in [5, 5.41) is 1.94. The Balaban J connectivity index is 1.62. The molecule has 152 valence electrons. The molecule has 0 aromatic heterocycles. The van der Waals surface area contributed by atoms with Crippen molar-refractivity contribution in [3.05, 3.63) is 78.4 Å². The molecule has 1 N–H and O–H groups in total. The molecule has 5 nitrogen and oxygen atoms in total. The standard InChI is InChI=1S/C23H26N2O3S/c1-18(23(20-8-3-2-4-9-20)25-13-15-28-16-14-25)24-29(26,27)22-12-11-19-7-5-6-10-21(19)17-22/h2-12,17-18,23-24H,13-16H2,1H3/t18-,23-/m1/s1. The Bertz CT molecular complexity index is 1060. The minimum Gasteiger partial charge on any atom is -0.379 e. The molecule has 4 rings (SSSR count). The third-order valence-corrected chi connectivity index (χ3v) is 6.98. The Kier molecular flexibility index (Phi) is 5.96. The summed E-state index contributed by atoms with van der Waals surface area (Å²) in [5.41, 5.74) is 1.10. The number of hydrogen-bond acceptors (Lipinski definition) is 4. The minimum atomic E-state index is -3.65. The zero-order chi connectivity index (χ0) is 20.3. The normalized spacial score (nSPS) is 17.8. The lowest BCUT2D eigenvalue weighted by Crippen LogP contribution is -2.48. The lowest BCUT2D eigenvalue weighted by Gasteiger charge is -2.38. The van der Waals surface area contributed by atoms with Crippen LogP contribution in [0.25, 0.3) is 10.8 Å². The fourth-order valence-corrected chi connectivity index (χ4v) is 5.32. The summed E-state index contributed by atoms with van der Waals surface area (Å²) >= 11 is 0. The summed E-state index contributed by atoms with van der Waals surface area (Å²) < 4.78 is 34.7. The highest BCUT2D eigenvalue weighted by atomic mass is 32.2. The quantitative estimate of drug-likeness (QED) is 0.675. The van der Waals surface area contributed by atoms with E-state index in [0.717, 1.165) is 29.4 Å². The average molecular weight is 411 g/mol. The number of fused-ring (bicyclic) bond motifs is 1. The molecule has 0 saturated carbocycles. The summed E-state index contributed by atoms with van der Waals surface area (Å²) in [6.45, 7) is 4.82. The number of morpholine rings is 1. The Hall–Kier alpha value is -2.25. The summed E-state index contributed by atoms with van der Waals surface area (Å²) in [5.74, 6) is 0. The third-order valence-electron chi connectivity index (χ3n) is 5.43. The van der Waals surface area contributed by atoms with Crippen molar-refractivity contribution in [1.29, 1.82) is 0 Å². The van der Waals surface area contributed by atoms with Gasteiger partial charge in [0.25, 0.3) is 0 Å². The van der Waals surface area contributed by atoms with Crippen molar-refractivity contribution < 1.29 is 13.2 Å². The first kappa shape index (κ1) is 20.0. The van der Waals surface area contributed by atoms with Crippen LogP contribution < -0.4 is 4.72 Å². The maximum atomic E-state index is 13.2. The molecule has 3 aromatic rings. The minimum absolute atomic E-state index is 0.0599. The molecular weight excluding hydrogens is 384 g/mol. The maximum absolute atomic E-state index is 13.2. The van der Waals surface area contributed by atoms with E-state index in [2.05, 4.69) is 21.8 Å². The van der Waals surface area contributed by atoms with Gasteiger partial charge in [-0.05, 0) is 35.4 Å². The zero-order valence-corrected chi connectivity index (χ0v) is 17.3. The maximum Gasteiger partial charge on any atom is 0.240 e. The molecule has 0 bridgehead atoms. The van der Waals surface area contributed by atoms with E-state index in [0.29, 0.717) is 13.2 Å². The zero-order valence-electron chi connectivity index (χ0n) is 16.5. The van der Waals surface area contributed by atoms with Gasteiger partial charge in [0.15, 0.2) is 0 Å². The Morgan fingerprint density at radius 3 is 2.28 bits per heavy atom. The van der Waals surface area contributed by atoms with Gasteiger partial charge in [-0.25, -0.2) is 13.1 Å². The molecule has 3 aromatic carbocycles. The predicted molar refractivity (Wildman–Crippen MR) is 115 cm³/mol. The lowest BCUT2D eigenvalue weighted by molar-refractivity contribution is 0.0105. The first-order valence-corrected chi connectivity index (χ1v) is 11.4. The van der Waals surface area contributed by atoms with E-state index in [-0.39, 0.29) is 17.0 Å². The molecule has 1 saturated heterocycles. The Morgan fingerprint density at radius 2 is 1.55 bits per heavy atom. The number of rotatable bonds is 6. The smallest absolute Gasteiger partial charge is 0.240 e. The molecule has 1 heterocycles. The molecule has 0 unspecified atom stereocenters. The van der Waals surface area contributed by atoms with Gasteiger partial charge in [0, 0.05) is 19.1 Å². The van der Waals surface area contributed by atoms with Gasteiger partial charge < -0.3 is 4.74 Å². The highest BCUT2D eigenvalue weighted by molar-refractivity contribution is 7.89. The van der Waals surface area contributed by atoms with Crippen molar-refractivity contribution in [2.75, 3.05) is 26.3 Å². The molecule has 0 spiro atoms. The fourth-order valence-electron chi connectivity index (χ4n) is 4.03. The van der Waals surface area contributed by atoms with Crippen LogP contribution in [0.5, 0.6) is 0 Å². The second-order valence-electron chi connectivity index (χ2n) is 7.42. The van der Waals surface area contributed by atoms with Gasteiger partial charge in [0.05, 0.1) is 24.2 Å². The van der Waals surface area contributed by atoms with Crippen molar-refractivity contribution in [3.63, 3.8) is 0 Å². The van der Waals surface area contributed by atoms with E-state index < -0.39 is 10.0 Å². The summed E-state index contributed by atoms with van der Waals surface area (Å²) in [6.07, 6.45) is 0. The van der Waals surface area contributed by atoms with Crippen LogP contribution in [0.1, 0.15) is 18.5 Å². The van der Waals surface area contributed by atoms with E-state index in [4.69, 9.17) is 4.74 Å². The van der Waals surface area contributed by atoms with Crippen molar-refractivity contribution in [1.82, 2.24) is 9.62 Å². The van der Waals surface area contributed by atoms with Gasteiger partial charge >= 0.3 is 0 Å². The second-order valence-corrected chi connectivity index (χ2v) is 9.14. The van der Waals surface area contributed by atoms with Crippen molar-refractivity contribution in [2.24, 2.45) is 0 Å².